The van der Waals surface area contributed by atoms with Gasteiger partial charge in [-0.1, -0.05) is 30.3 Å². The molecule has 0 atom stereocenters. The molecule has 1 amide bonds. The first-order valence-electron chi connectivity index (χ1n) is 8.78. The van der Waals surface area contributed by atoms with E-state index in [-0.39, 0.29) is 12.3 Å². The Hall–Kier alpha value is -3.88. The molecule has 0 saturated heterocycles. The second-order valence-corrected chi connectivity index (χ2v) is 6.21. The molecule has 140 valence electrons. The van der Waals surface area contributed by atoms with Crippen molar-refractivity contribution < 1.29 is 4.79 Å². The van der Waals surface area contributed by atoms with Gasteiger partial charge in [-0.15, -0.1) is 5.10 Å². The normalized spacial score (nSPS) is 10.8. The van der Waals surface area contributed by atoms with Crippen LogP contribution in [0.2, 0.25) is 0 Å². The maximum Gasteiger partial charge on any atom is 0.227 e. The number of imidazole rings is 1. The van der Waals surface area contributed by atoms with Gasteiger partial charge in [-0.25, -0.2) is 14.6 Å². The molecular formula is C19H18N8O. The fourth-order valence-corrected chi connectivity index (χ4v) is 2.86. The van der Waals surface area contributed by atoms with E-state index < -0.39 is 0 Å². The number of tetrazole rings is 1. The zero-order valence-corrected chi connectivity index (χ0v) is 15.2. The van der Waals surface area contributed by atoms with E-state index in [1.165, 1.54) is 11.0 Å². The maximum atomic E-state index is 12.2. The Morgan fingerprint density at radius 3 is 2.82 bits per heavy atom. The van der Waals surface area contributed by atoms with E-state index >= 15 is 0 Å². The largest absolute Gasteiger partial charge is 0.342 e. The van der Waals surface area contributed by atoms with Gasteiger partial charge in [0.25, 0.3) is 0 Å². The number of anilines is 1. The third kappa shape index (κ3) is 3.93. The minimum atomic E-state index is -0.165. The van der Waals surface area contributed by atoms with Crippen LogP contribution in [0.5, 0.6) is 0 Å². The molecule has 4 aromatic rings. The zero-order valence-electron chi connectivity index (χ0n) is 15.2. The summed E-state index contributed by atoms with van der Waals surface area (Å²) in [6.07, 6.45) is 3.37. The Morgan fingerprint density at radius 2 is 2.04 bits per heavy atom. The Kier molecular flexibility index (Phi) is 4.87. The highest BCUT2D eigenvalue weighted by atomic mass is 16.1. The molecule has 2 N–H and O–H groups in total. The topological polar surface area (TPSA) is 114 Å². The number of aromatic amines is 1. The summed E-state index contributed by atoms with van der Waals surface area (Å²) in [4.78, 5) is 24.4. The van der Waals surface area contributed by atoms with Crippen LogP contribution in [-0.2, 0) is 11.3 Å². The summed E-state index contributed by atoms with van der Waals surface area (Å²) >= 11 is 0. The van der Waals surface area contributed by atoms with E-state index in [4.69, 9.17) is 0 Å². The van der Waals surface area contributed by atoms with Crippen LogP contribution in [0.25, 0.3) is 22.5 Å². The first-order chi connectivity index (χ1) is 13.7. The van der Waals surface area contributed by atoms with Crippen molar-refractivity contribution in [3.63, 3.8) is 0 Å². The number of benzene rings is 1. The highest BCUT2D eigenvalue weighted by Crippen LogP contribution is 2.30. The summed E-state index contributed by atoms with van der Waals surface area (Å²) in [6.45, 7) is 2.31. The fraction of sp³-hybridized carbons (Fsp3) is 0.158. The smallest absolute Gasteiger partial charge is 0.227 e. The molecule has 0 radical (unpaired) electrons. The second kappa shape index (κ2) is 7.78. The molecule has 0 saturated carbocycles. The number of rotatable bonds is 6. The number of nitrogens with one attached hydrogen (secondary N) is 2. The van der Waals surface area contributed by atoms with Gasteiger partial charge in [0.15, 0.2) is 0 Å². The van der Waals surface area contributed by atoms with Crippen LogP contribution in [-0.4, -0.2) is 41.1 Å². The number of hydrogen-bond acceptors (Lipinski definition) is 6. The average Bonchev–Trinajstić information content (AvgIpc) is 3.37. The van der Waals surface area contributed by atoms with Crippen molar-refractivity contribution in [2.24, 2.45) is 0 Å². The van der Waals surface area contributed by atoms with Gasteiger partial charge in [0.2, 0.25) is 5.91 Å². The molecule has 4 rings (SSSR count). The quantitative estimate of drug-likeness (QED) is 0.536. The SMILES string of the molecule is Cc1nc(-c2ccnc(NC(=O)CCn3cnnn3)c2)c(-c2ccccc2)[nH]1. The molecule has 0 aliphatic rings. The number of nitrogens with zero attached hydrogens (tertiary/aromatic N) is 6. The van der Waals surface area contributed by atoms with Crippen LogP contribution in [0.15, 0.2) is 55.0 Å². The third-order valence-electron chi connectivity index (χ3n) is 4.14. The Morgan fingerprint density at radius 1 is 1.18 bits per heavy atom. The molecule has 0 fully saturated rings. The van der Waals surface area contributed by atoms with Crippen molar-refractivity contribution in [2.75, 3.05) is 5.32 Å². The van der Waals surface area contributed by atoms with Crippen molar-refractivity contribution in [1.29, 1.82) is 0 Å². The van der Waals surface area contributed by atoms with Crippen molar-refractivity contribution in [1.82, 2.24) is 35.2 Å². The number of amides is 1. The Labute approximate surface area is 160 Å². The van der Waals surface area contributed by atoms with E-state index in [0.717, 1.165) is 28.3 Å². The van der Waals surface area contributed by atoms with Gasteiger partial charge in [-0.3, -0.25) is 4.79 Å². The molecule has 0 spiro atoms. The minimum Gasteiger partial charge on any atom is -0.342 e. The van der Waals surface area contributed by atoms with Gasteiger partial charge in [0, 0.05) is 23.7 Å². The number of hydrogen-bond donors (Lipinski definition) is 2. The summed E-state index contributed by atoms with van der Waals surface area (Å²) in [5, 5.41) is 13.6. The summed E-state index contributed by atoms with van der Waals surface area (Å²) in [6, 6.07) is 13.7. The predicted octanol–water partition coefficient (Wildman–Crippen LogP) is 2.46. The van der Waals surface area contributed by atoms with Crippen molar-refractivity contribution in [2.45, 2.75) is 19.9 Å². The number of aromatic nitrogens is 7. The molecule has 28 heavy (non-hydrogen) atoms. The van der Waals surface area contributed by atoms with Crippen LogP contribution in [0.4, 0.5) is 5.82 Å². The molecule has 0 aliphatic heterocycles. The molecule has 3 heterocycles. The monoisotopic (exact) mass is 374 g/mol. The van der Waals surface area contributed by atoms with Crippen molar-refractivity contribution >= 4 is 11.7 Å². The lowest BCUT2D eigenvalue weighted by molar-refractivity contribution is -0.116. The van der Waals surface area contributed by atoms with Crippen molar-refractivity contribution in [3.05, 3.63) is 60.8 Å². The molecule has 9 nitrogen and oxygen atoms in total. The molecule has 0 aliphatic carbocycles. The second-order valence-electron chi connectivity index (χ2n) is 6.21. The lowest BCUT2D eigenvalue weighted by atomic mass is 10.1. The molecule has 0 bridgehead atoms. The van der Waals surface area contributed by atoms with E-state index in [9.17, 15) is 4.79 Å². The van der Waals surface area contributed by atoms with E-state index in [1.807, 2.05) is 49.4 Å². The van der Waals surface area contributed by atoms with Crippen molar-refractivity contribution in [3.8, 4) is 22.5 Å². The van der Waals surface area contributed by atoms with Crippen LogP contribution < -0.4 is 5.32 Å². The molecule has 3 aromatic heterocycles. The summed E-state index contributed by atoms with van der Waals surface area (Å²) in [5.74, 6) is 1.12. The van der Waals surface area contributed by atoms with E-state index in [0.29, 0.717) is 12.4 Å². The maximum absolute atomic E-state index is 12.2. The van der Waals surface area contributed by atoms with Gasteiger partial charge in [-0.2, -0.15) is 0 Å². The van der Waals surface area contributed by atoms with Gasteiger partial charge >= 0.3 is 0 Å². The van der Waals surface area contributed by atoms with Gasteiger partial charge < -0.3 is 10.3 Å². The summed E-state index contributed by atoms with van der Waals surface area (Å²) in [7, 11) is 0. The number of carbonyl (C=O) groups excluding carboxylic acids is 1. The molecular weight excluding hydrogens is 356 g/mol. The van der Waals surface area contributed by atoms with Crippen LogP contribution in [0.3, 0.4) is 0 Å². The minimum absolute atomic E-state index is 0.165. The number of pyridine rings is 1. The Bertz CT molecular complexity index is 1070. The number of carbonyl (C=O) groups is 1. The van der Waals surface area contributed by atoms with Crippen LogP contribution in [0, 0.1) is 6.92 Å². The predicted molar refractivity (Wildman–Crippen MR) is 103 cm³/mol. The van der Waals surface area contributed by atoms with Gasteiger partial charge in [0.1, 0.15) is 18.0 Å². The van der Waals surface area contributed by atoms with E-state index in [1.54, 1.807) is 6.20 Å². The number of aryl methyl sites for hydroxylation is 2. The fourth-order valence-electron chi connectivity index (χ4n) is 2.86. The Balaban J connectivity index is 1.54. The molecule has 1 aromatic carbocycles. The summed E-state index contributed by atoms with van der Waals surface area (Å²) < 4.78 is 1.50. The lowest BCUT2D eigenvalue weighted by Crippen LogP contribution is -2.15. The van der Waals surface area contributed by atoms with Gasteiger partial charge in [-0.05, 0) is 29.5 Å². The van der Waals surface area contributed by atoms with E-state index in [2.05, 4.69) is 35.8 Å². The summed E-state index contributed by atoms with van der Waals surface area (Å²) in [5.41, 5.74) is 3.66. The average molecular weight is 374 g/mol. The third-order valence-corrected chi connectivity index (χ3v) is 4.14. The van der Waals surface area contributed by atoms with Crippen LogP contribution >= 0.6 is 0 Å². The standard InChI is InChI=1S/C19H18N8O/c1-13-22-18(14-5-3-2-4-6-14)19(23-13)15-7-9-20-16(11-15)24-17(28)8-10-27-12-21-25-26-27/h2-7,9,11-12H,8,10H2,1H3,(H,22,23)(H,20,24,28). The number of H-pyrrole nitrogens is 1. The highest BCUT2D eigenvalue weighted by Gasteiger charge is 2.14. The zero-order chi connectivity index (χ0) is 19.3. The molecule has 9 heteroatoms. The van der Waals surface area contributed by atoms with Crippen LogP contribution in [0.1, 0.15) is 12.2 Å². The van der Waals surface area contributed by atoms with Gasteiger partial charge in [0.05, 0.1) is 17.9 Å². The first-order valence-corrected chi connectivity index (χ1v) is 8.78. The highest BCUT2D eigenvalue weighted by molar-refractivity contribution is 5.90. The first kappa shape index (κ1) is 17.5. The molecule has 0 unspecified atom stereocenters. The lowest BCUT2D eigenvalue weighted by Gasteiger charge is -2.07.